The number of hydrogen-bond acceptors (Lipinski definition) is 0. The van der Waals surface area contributed by atoms with Crippen molar-refractivity contribution >= 4 is 10.9 Å². The Balaban J connectivity index is 0.000000509. The van der Waals surface area contributed by atoms with E-state index >= 15 is 0 Å². The van der Waals surface area contributed by atoms with Gasteiger partial charge in [-0.15, -0.1) is 0 Å². The lowest BCUT2D eigenvalue weighted by atomic mass is 10.1. The minimum Gasteiger partial charge on any atom is -0.201 e. The third-order valence-electron chi connectivity index (χ3n) is 2.15. The molecule has 0 bridgehead atoms. The van der Waals surface area contributed by atoms with E-state index in [2.05, 4.69) is 55.1 Å². The summed E-state index contributed by atoms with van der Waals surface area (Å²) in [4.78, 5) is 0. The van der Waals surface area contributed by atoms with Crippen LogP contribution in [0.15, 0.2) is 36.5 Å². The van der Waals surface area contributed by atoms with Crippen molar-refractivity contribution < 1.29 is 4.57 Å². The van der Waals surface area contributed by atoms with Crippen LogP contribution in [-0.2, 0) is 7.05 Å². The lowest BCUT2D eigenvalue weighted by Gasteiger charge is -1.96. The Bertz CT molecular complexity index is 419. The van der Waals surface area contributed by atoms with E-state index in [0.717, 1.165) is 0 Å². The Hall–Kier alpha value is -1.37. The molecule has 0 aliphatic heterocycles. The van der Waals surface area contributed by atoms with E-state index in [-0.39, 0.29) is 0 Å². The van der Waals surface area contributed by atoms with Crippen molar-refractivity contribution in [2.45, 2.75) is 34.6 Å². The molecule has 0 saturated heterocycles. The zero-order chi connectivity index (χ0) is 12.6. The van der Waals surface area contributed by atoms with Gasteiger partial charge in [0.15, 0.2) is 6.20 Å². The maximum atomic E-state index is 2.20. The Morgan fingerprint density at radius 1 is 0.938 bits per heavy atom. The number of nitrogens with zero attached hydrogens (tertiary/aromatic N) is 1. The average molecular weight is 218 g/mol. The van der Waals surface area contributed by atoms with Crippen molar-refractivity contribution in [3.05, 3.63) is 42.1 Å². The zero-order valence-corrected chi connectivity index (χ0v) is 11.4. The molecule has 0 spiro atoms. The molecule has 1 nitrogen and oxygen atoms in total. The van der Waals surface area contributed by atoms with Gasteiger partial charge >= 0.3 is 0 Å². The first-order chi connectivity index (χ1) is 7.77. The summed E-state index contributed by atoms with van der Waals surface area (Å²) in [5, 5.41) is 1.30. The Morgan fingerprint density at radius 2 is 1.56 bits per heavy atom. The minimum absolute atomic E-state index is 1.29. The molecule has 0 saturated carbocycles. The van der Waals surface area contributed by atoms with Crippen LogP contribution in [0.4, 0.5) is 0 Å². The van der Waals surface area contributed by atoms with Gasteiger partial charge in [0.1, 0.15) is 7.05 Å². The fraction of sp³-hybridized carbons (Fsp3) is 0.400. The van der Waals surface area contributed by atoms with Gasteiger partial charge in [-0.25, -0.2) is 4.57 Å². The quantitative estimate of drug-likeness (QED) is 0.588. The molecule has 1 aromatic heterocycles. The van der Waals surface area contributed by atoms with E-state index in [1.807, 2.05) is 27.7 Å². The van der Waals surface area contributed by atoms with Crippen molar-refractivity contribution in [1.82, 2.24) is 0 Å². The van der Waals surface area contributed by atoms with Crippen molar-refractivity contribution in [3.8, 4) is 0 Å². The third kappa shape index (κ3) is 3.65. The largest absolute Gasteiger partial charge is 0.212 e. The molecule has 0 unspecified atom stereocenters. The SMILES string of the molecule is CC.CC.Cc1ccc2ccc[n+](C)c2c1. The molecule has 0 radical (unpaired) electrons. The summed E-state index contributed by atoms with van der Waals surface area (Å²) in [6.45, 7) is 10.1. The first-order valence-corrected chi connectivity index (χ1v) is 6.12. The van der Waals surface area contributed by atoms with E-state index < -0.39 is 0 Å². The Kier molecular flexibility index (Phi) is 7.19. The number of aryl methyl sites for hydroxylation is 2. The number of aromatic nitrogens is 1. The van der Waals surface area contributed by atoms with Gasteiger partial charge in [0, 0.05) is 17.5 Å². The number of pyridine rings is 1. The lowest BCUT2D eigenvalue weighted by Crippen LogP contribution is -2.27. The standard InChI is InChI=1S/C11H12N.2C2H6/c1-9-5-6-10-4-3-7-12(2)11(10)8-9;2*1-2/h3-8H,1-2H3;2*1-2H3/q+1;;. The van der Waals surface area contributed by atoms with E-state index in [1.54, 1.807) is 0 Å². The molecule has 0 N–H and O–H groups in total. The number of benzene rings is 1. The maximum absolute atomic E-state index is 2.20. The van der Waals surface area contributed by atoms with Gasteiger partial charge in [-0.3, -0.25) is 0 Å². The van der Waals surface area contributed by atoms with Gasteiger partial charge in [0.05, 0.1) is 0 Å². The van der Waals surface area contributed by atoms with Crippen molar-refractivity contribution in [1.29, 1.82) is 0 Å². The molecule has 1 heteroatoms. The second-order valence-corrected chi connectivity index (χ2v) is 3.18. The van der Waals surface area contributed by atoms with E-state index in [9.17, 15) is 0 Å². The molecule has 0 fully saturated rings. The molecule has 0 aliphatic rings. The highest BCUT2D eigenvalue weighted by atomic mass is 14.9. The molecule has 2 aromatic rings. The predicted octanol–water partition coefficient (Wildman–Crippen LogP) is 4.03. The third-order valence-corrected chi connectivity index (χ3v) is 2.15. The summed E-state index contributed by atoms with van der Waals surface area (Å²) in [5.74, 6) is 0. The van der Waals surface area contributed by atoms with Crippen LogP contribution in [0, 0.1) is 6.92 Å². The van der Waals surface area contributed by atoms with E-state index in [0.29, 0.717) is 0 Å². The van der Waals surface area contributed by atoms with Gasteiger partial charge in [-0.1, -0.05) is 33.8 Å². The summed E-state index contributed by atoms with van der Waals surface area (Å²) < 4.78 is 2.14. The predicted molar refractivity (Wildman–Crippen MR) is 72.6 cm³/mol. The summed E-state index contributed by atoms with van der Waals surface area (Å²) in [5.41, 5.74) is 2.60. The highest BCUT2D eigenvalue weighted by Gasteiger charge is 2.01. The van der Waals surface area contributed by atoms with Crippen molar-refractivity contribution in [3.63, 3.8) is 0 Å². The van der Waals surface area contributed by atoms with Gasteiger partial charge in [-0.05, 0) is 24.6 Å². The van der Waals surface area contributed by atoms with Crippen LogP contribution in [0.1, 0.15) is 33.3 Å². The number of rotatable bonds is 0. The highest BCUT2D eigenvalue weighted by molar-refractivity contribution is 5.75. The van der Waals surface area contributed by atoms with Crippen LogP contribution < -0.4 is 4.57 Å². The summed E-state index contributed by atoms with van der Waals surface area (Å²) >= 11 is 0. The lowest BCUT2D eigenvalue weighted by molar-refractivity contribution is -0.644. The normalized spacial score (nSPS) is 8.62. The fourth-order valence-electron chi connectivity index (χ4n) is 1.46. The summed E-state index contributed by atoms with van der Waals surface area (Å²) in [7, 11) is 2.07. The molecule has 88 valence electrons. The molecular formula is C15H24N+. The van der Waals surface area contributed by atoms with E-state index in [1.165, 1.54) is 16.5 Å². The van der Waals surface area contributed by atoms with Crippen LogP contribution >= 0.6 is 0 Å². The highest BCUT2D eigenvalue weighted by Crippen LogP contribution is 2.10. The Morgan fingerprint density at radius 3 is 2.19 bits per heavy atom. The first kappa shape index (κ1) is 14.6. The monoisotopic (exact) mass is 218 g/mol. The van der Waals surface area contributed by atoms with E-state index in [4.69, 9.17) is 0 Å². The van der Waals surface area contributed by atoms with Crippen LogP contribution in [0.5, 0.6) is 0 Å². The second kappa shape index (κ2) is 7.86. The maximum Gasteiger partial charge on any atom is 0.212 e. The van der Waals surface area contributed by atoms with Gasteiger partial charge in [0.25, 0.3) is 0 Å². The molecule has 2 rings (SSSR count). The average Bonchev–Trinajstić information content (AvgIpc) is 2.35. The molecule has 0 amide bonds. The van der Waals surface area contributed by atoms with Gasteiger partial charge in [-0.2, -0.15) is 0 Å². The molecule has 0 aliphatic carbocycles. The first-order valence-electron chi connectivity index (χ1n) is 6.12. The topological polar surface area (TPSA) is 3.88 Å². The van der Waals surface area contributed by atoms with Crippen molar-refractivity contribution in [2.24, 2.45) is 7.05 Å². The van der Waals surface area contributed by atoms with Crippen molar-refractivity contribution in [2.75, 3.05) is 0 Å². The molecule has 16 heavy (non-hydrogen) atoms. The minimum atomic E-state index is 1.29. The van der Waals surface area contributed by atoms with Crippen LogP contribution in [-0.4, -0.2) is 0 Å². The molecule has 1 heterocycles. The molecular weight excluding hydrogens is 194 g/mol. The zero-order valence-electron chi connectivity index (χ0n) is 11.4. The van der Waals surface area contributed by atoms with Crippen LogP contribution in [0.2, 0.25) is 0 Å². The van der Waals surface area contributed by atoms with Gasteiger partial charge < -0.3 is 0 Å². The van der Waals surface area contributed by atoms with Crippen LogP contribution in [0.25, 0.3) is 10.9 Å². The van der Waals surface area contributed by atoms with Gasteiger partial charge in [0.2, 0.25) is 5.52 Å². The summed E-state index contributed by atoms with van der Waals surface area (Å²) in [6, 6.07) is 10.7. The van der Waals surface area contributed by atoms with Crippen LogP contribution in [0.3, 0.4) is 0 Å². The fourth-order valence-corrected chi connectivity index (χ4v) is 1.46. The second-order valence-electron chi connectivity index (χ2n) is 3.18. The Labute approximate surface area is 99.7 Å². The summed E-state index contributed by atoms with van der Waals surface area (Å²) in [6.07, 6.45) is 2.07. The number of hydrogen-bond donors (Lipinski definition) is 0. The molecule has 0 atom stereocenters. The number of fused-ring (bicyclic) bond motifs is 1. The molecule has 1 aromatic carbocycles. The smallest absolute Gasteiger partial charge is 0.201 e.